The molecule has 2 aromatic carbocycles. The van der Waals surface area contributed by atoms with E-state index in [0.717, 1.165) is 5.56 Å². The van der Waals surface area contributed by atoms with Crippen molar-refractivity contribution in [3.8, 4) is 0 Å². The minimum Gasteiger partial charge on any atom is -0.465 e. The predicted octanol–water partition coefficient (Wildman–Crippen LogP) is 3.06. The Kier molecular flexibility index (Phi) is 4.72. The molecule has 0 saturated heterocycles. The van der Waals surface area contributed by atoms with E-state index in [1.165, 1.54) is 17.5 Å². The SMILES string of the molecule is COC(=O)c1cccc(N(c2ccc(C)cc2)S(=O)O)c1. The van der Waals surface area contributed by atoms with E-state index in [0.29, 0.717) is 16.9 Å². The average Bonchev–Trinajstić information content (AvgIpc) is 2.48. The molecule has 110 valence electrons. The molecule has 0 aliphatic rings. The molecule has 0 radical (unpaired) electrons. The van der Waals surface area contributed by atoms with E-state index >= 15 is 0 Å². The van der Waals surface area contributed by atoms with E-state index in [2.05, 4.69) is 4.74 Å². The Labute approximate surface area is 125 Å². The van der Waals surface area contributed by atoms with Gasteiger partial charge in [-0.25, -0.2) is 13.3 Å². The van der Waals surface area contributed by atoms with Gasteiger partial charge in [-0.05, 0) is 37.3 Å². The van der Waals surface area contributed by atoms with E-state index in [1.807, 2.05) is 19.1 Å². The Morgan fingerprint density at radius 2 is 1.81 bits per heavy atom. The zero-order valence-corrected chi connectivity index (χ0v) is 12.5. The normalized spacial score (nSPS) is 11.8. The molecule has 0 saturated carbocycles. The quantitative estimate of drug-likeness (QED) is 0.696. The number of hydrogen-bond acceptors (Lipinski definition) is 3. The van der Waals surface area contributed by atoms with Gasteiger partial charge in [0.05, 0.1) is 24.0 Å². The summed E-state index contributed by atoms with van der Waals surface area (Å²) in [5.41, 5.74) is 2.36. The van der Waals surface area contributed by atoms with Crippen LogP contribution in [0.4, 0.5) is 11.4 Å². The molecule has 0 aromatic heterocycles. The summed E-state index contributed by atoms with van der Waals surface area (Å²) < 4.78 is 27.1. The highest BCUT2D eigenvalue weighted by Gasteiger charge is 2.16. The summed E-state index contributed by atoms with van der Waals surface area (Å²) in [6, 6.07) is 13.6. The van der Waals surface area contributed by atoms with Crippen molar-refractivity contribution < 1.29 is 18.3 Å². The van der Waals surface area contributed by atoms with Crippen molar-refractivity contribution in [2.45, 2.75) is 6.92 Å². The van der Waals surface area contributed by atoms with Gasteiger partial charge in [0, 0.05) is 0 Å². The molecule has 0 amide bonds. The third-order valence-electron chi connectivity index (χ3n) is 2.93. The number of anilines is 2. The van der Waals surface area contributed by atoms with Gasteiger partial charge >= 0.3 is 5.97 Å². The standard InChI is InChI=1S/C15H15NO4S/c1-11-6-8-13(9-7-11)16(21(18)19)14-5-3-4-12(10-14)15(17)20-2/h3-10H,1-2H3,(H,18,19). The van der Waals surface area contributed by atoms with Crippen molar-refractivity contribution in [3.05, 3.63) is 59.7 Å². The molecule has 0 aliphatic heterocycles. The van der Waals surface area contributed by atoms with Gasteiger partial charge in [-0.15, -0.1) is 0 Å². The van der Waals surface area contributed by atoms with Crippen molar-refractivity contribution in [2.24, 2.45) is 0 Å². The molecule has 5 nitrogen and oxygen atoms in total. The van der Waals surface area contributed by atoms with Crippen LogP contribution in [0.25, 0.3) is 0 Å². The van der Waals surface area contributed by atoms with Crippen molar-refractivity contribution in [1.29, 1.82) is 0 Å². The fraction of sp³-hybridized carbons (Fsp3) is 0.133. The zero-order chi connectivity index (χ0) is 15.4. The molecule has 1 unspecified atom stereocenters. The average molecular weight is 305 g/mol. The molecule has 2 rings (SSSR count). The fourth-order valence-corrected chi connectivity index (χ4v) is 2.48. The lowest BCUT2D eigenvalue weighted by molar-refractivity contribution is 0.0600. The number of nitrogens with zero attached hydrogens (tertiary/aromatic N) is 1. The summed E-state index contributed by atoms with van der Waals surface area (Å²) in [6.07, 6.45) is 0. The Bertz CT molecular complexity index is 670. The van der Waals surface area contributed by atoms with Gasteiger partial charge in [0.1, 0.15) is 0 Å². The fourth-order valence-electron chi connectivity index (χ4n) is 1.89. The molecule has 21 heavy (non-hydrogen) atoms. The third kappa shape index (κ3) is 3.48. The Morgan fingerprint density at radius 1 is 1.14 bits per heavy atom. The Morgan fingerprint density at radius 3 is 2.38 bits per heavy atom. The maximum Gasteiger partial charge on any atom is 0.337 e. The van der Waals surface area contributed by atoms with E-state index in [-0.39, 0.29) is 0 Å². The number of carbonyl (C=O) groups excluding carboxylic acids is 1. The maximum atomic E-state index is 11.7. The number of ether oxygens (including phenoxy) is 1. The summed E-state index contributed by atoms with van der Waals surface area (Å²) in [6.45, 7) is 1.93. The molecule has 0 heterocycles. The number of esters is 1. The monoisotopic (exact) mass is 305 g/mol. The van der Waals surface area contributed by atoms with E-state index < -0.39 is 17.2 Å². The second-order valence-corrected chi connectivity index (χ2v) is 5.23. The summed E-state index contributed by atoms with van der Waals surface area (Å²) >= 11 is -2.25. The topological polar surface area (TPSA) is 66.8 Å². The molecule has 1 atom stereocenters. The summed E-state index contributed by atoms with van der Waals surface area (Å²) in [7, 11) is 1.29. The van der Waals surface area contributed by atoms with Crippen LogP contribution in [0.3, 0.4) is 0 Å². The van der Waals surface area contributed by atoms with Crippen LogP contribution in [0.2, 0.25) is 0 Å². The first kappa shape index (κ1) is 15.2. The van der Waals surface area contributed by atoms with Gasteiger partial charge in [0.15, 0.2) is 0 Å². The van der Waals surface area contributed by atoms with E-state index in [1.54, 1.807) is 30.3 Å². The van der Waals surface area contributed by atoms with Crippen LogP contribution in [0, 0.1) is 6.92 Å². The summed E-state index contributed by atoms with van der Waals surface area (Å²) in [5.74, 6) is -0.496. The van der Waals surface area contributed by atoms with Crippen LogP contribution in [-0.4, -0.2) is 21.8 Å². The molecule has 0 spiro atoms. The molecule has 1 N–H and O–H groups in total. The van der Waals surface area contributed by atoms with Crippen LogP contribution in [0.1, 0.15) is 15.9 Å². The van der Waals surface area contributed by atoms with Gasteiger partial charge in [0.25, 0.3) is 11.3 Å². The van der Waals surface area contributed by atoms with Crippen LogP contribution < -0.4 is 4.31 Å². The maximum absolute atomic E-state index is 11.7. The van der Waals surface area contributed by atoms with Crippen molar-refractivity contribution in [1.82, 2.24) is 0 Å². The number of rotatable bonds is 4. The number of aryl methyl sites for hydroxylation is 1. The van der Waals surface area contributed by atoms with Crippen molar-refractivity contribution in [3.63, 3.8) is 0 Å². The summed E-state index contributed by atoms with van der Waals surface area (Å²) in [4.78, 5) is 11.6. The third-order valence-corrected chi connectivity index (χ3v) is 3.66. The highest BCUT2D eigenvalue weighted by Crippen LogP contribution is 2.27. The first-order valence-corrected chi connectivity index (χ1v) is 7.25. The second kappa shape index (κ2) is 6.51. The number of methoxy groups -OCH3 is 1. The minimum absolute atomic E-state index is 0.317. The van der Waals surface area contributed by atoms with Crippen molar-refractivity contribution in [2.75, 3.05) is 11.4 Å². The van der Waals surface area contributed by atoms with E-state index in [9.17, 15) is 13.6 Å². The van der Waals surface area contributed by atoms with Gasteiger partial charge in [-0.1, -0.05) is 23.8 Å². The zero-order valence-electron chi connectivity index (χ0n) is 11.6. The number of hydrogen-bond donors (Lipinski definition) is 1. The summed E-state index contributed by atoms with van der Waals surface area (Å²) in [5, 5.41) is 0. The van der Waals surface area contributed by atoms with Crippen LogP contribution in [-0.2, 0) is 16.0 Å². The number of benzene rings is 2. The lowest BCUT2D eigenvalue weighted by Crippen LogP contribution is -2.19. The van der Waals surface area contributed by atoms with Gasteiger partial charge in [-0.2, -0.15) is 0 Å². The second-order valence-electron chi connectivity index (χ2n) is 4.40. The number of carbonyl (C=O) groups is 1. The smallest absolute Gasteiger partial charge is 0.337 e. The Balaban J connectivity index is 2.46. The molecule has 6 heteroatoms. The van der Waals surface area contributed by atoms with Gasteiger partial charge in [-0.3, -0.25) is 4.55 Å². The van der Waals surface area contributed by atoms with Crippen molar-refractivity contribution >= 4 is 28.6 Å². The molecule has 0 aliphatic carbocycles. The van der Waals surface area contributed by atoms with E-state index in [4.69, 9.17) is 0 Å². The largest absolute Gasteiger partial charge is 0.465 e. The Hall–Kier alpha value is -2.18. The lowest BCUT2D eigenvalue weighted by atomic mass is 10.2. The molecular formula is C15H15NO4S. The van der Waals surface area contributed by atoms with Crippen LogP contribution in [0.5, 0.6) is 0 Å². The first-order valence-electron chi connectivity index (χ1n) is 6.19. The highest BCUT2D eigenvalue weighted by molar-refractivity contribution is 7.81. The highest BCUT2D eigenvalue weighted by atomic mass is 32.2. The van der Waals surface area contributed by atoms with Gasteiger partial charge < -0.3 is 4.74 Å². The first-order chi connectivity index (χ1) is 10.0. The molecule has 0 bridgehead atoms. The minimum atomic E-state index is -2.25. The molecule has 0 fully saturated rings. The lowest BCUT2D eigenvalue weighted by Gasteiger charge is -2.20. The molecule has 2 aromatic rings. The van der Waals surface area contributed by atoms with Crippen LogP contribution >= 0.6 is 0 Å². The predicted molar refractivity (Wildman–Crippen MR) is 81.9 cm³/mol. The van der Waals surface area contributed by atoms with Gasteiger partial charge in [0.2, 0.25) is 0 Å². The van der Waals surface area contributed by atoms with Crippen LogP contribution in [0.15, 0.2) is 48.5 Å². The molecular weight excluding hydrogens is 290 g/mol.